The third kappa shape index (κ3) is 3.85. The number of para-hydroxylation sites is 1. The van der Waals surface area contributed by atoms with E-state index in [1.807, 2.05) is 36.4 Å². The first-order valence-electron chi connectivity index (χ1n) is 8.37. The van der Waals surface area contributed by atoms with Crippen LogP contribution in [-0.4, -0.2) is 9.55 Å². The molecule has 0 spiro atoms. The first kappa shape index (κ1) is 19.2. The van der Waals surface area contributed by atoms with E-state index in [4.69, 9.17) is 11.6 Å². The average Bonchev–Trinajstić information content (AvgIpc) is 2.70. The van der Waals surface area contributed by atoms with Crippen LogP contribution in [0.4, 0.5) is 4.39 Å². The maximum absolute atomic E-state index is 13.6. The van der Waals surface area contributed by atoms with Gasteiger partial charge in [0, 0.05) is 10.2 Å². The maximum atomic E-state index is 13.6. The van der Waals surface area contributed by atoms with Crippen molar-refractivity contribution in [3.05, 3.63) is 98.0 Å². The molecule has 28 heavy (non-hydrogen) atoms. The smallest absolute Gasteiger partial charge is 0.266 e. The molecule has 0 radical (unpaired) electrons. The molecule has 1 heterocycles. The zero-order valence-corrected chi connectivity index (χ0v) is 17.6. The van der Waals surface area contributed by atoms with E-state index in [1.165, 1.54) is 34.5 Å². The Morgan fingerprint density at radius 1 is 1.07 bits per heavy atom. The highest BCUT2D eigenvalue weighted by atomic mass is 79.9. The fourth-order valence-corrected chi connectivity index (χ4v) is 4.20. The second-order valence-electron chi connectivity index (χ2n) is 6.07. The van der Waals surface area contributed by atoms with E-state index in [0.717, 1.165) is 10.0 Å². The fraction of sp³-hybridized carbons (Fsp3) is 0.0476. The van der Waals surface area contributed by atoms with Crippen LogP contribution in [0.15, 0.2) is 81.2 Å². The van der Waals surface area contributed by atoms with Crippen molar-refractivity contribution in [3.63, 3.8) is 0 Å². The lowest BCUT2D eigenvalue weighted by Gasteiger charge is -2.14. The minimum Gasteiger partial charge on any atom is -0.268 e. The van der Waals surface area contributed by atoms with E-state index < -0.39 is 5.82 Å². The number of fused-ring (bicyclic) bond motifs is 1. The number of hydrogen-bond acceptors (Lipinski definition) is 3. The van der Waals surface area contributed by atoms with Crippen molar-refractivity contribution in [2.75, 3.05) is 0 Å². The number of halogens is 3. The predicted octanol–water partition coefficient (Wildman–Crippen LogP) is 6.23. The molecule has 140 valence electrons. The first-order chi connectivity index (χ1) is 13.5. The zero-order chi connectivity index (χ0) is 19.7. The topological polar surface area (TPSA) is 34.9 Å². The van der Waals surface area contributed by atoms with Crippen molar-refractivity contribution in [1.82, 2.24) is 9.55 Å². The molecule has 0 amide bonds. The van der Waals surface area contributed by atoms with Gasteiger partial charge in [0.2, 0.25) is 0 Å². The van der Waals surface area contributed by atoms with Crippen LogP contribution < -0.4 is 5.56 Å². The van der Waals surface area contributed by atoms with Crippen LogP contribution >= 0.6 is 39.3 Å². The van der Waals surface area contributed by atoms with Crippen LogP contribution in [0.2, 0.25) is 5.02 Å². The Balaban J connectivity index is 1.84. The Morgan fingerprint density at radius 3 is 2.57 bits per heavy atom. The second-order valence-corrected chi connectivity index (χ2v) is 8.33. The van der Waals surface area contributed by atoms with E-state index in [2.05, 4.69) is 20.9 Å². The van der Waals surface area contributed by atoms with E-state index in [1.54, 1.807) is 12.1 Å². The summed E-state index contributed by atoms with van der Waals surface area (Å²) >= 11 is 10.8. The minimum absolute atomic E-state index is 0.0404. The van der Waals surface area contributed by atoms with Gasteiger partial charge in [0.15, 0.2) is 5.16 Å². The molecule has 3 nitrogen and oxygen atoms in total. The lowest BCUT2D eigenvalue weighted by atomic mass is 10.2. The summed E-state index contributed by atoms with van der Waals surface area (Å²) in [6.45, 7) is 0. The Morgan fingerprint density at radius 2 is 1.82 bits per heavy atom. The SMILES string of the molecule is O=c1c2ccccc2nc(SCc2ccc(Br)cc2)n1-c1ccc(F)c(Cl)c1. The van der Waals surface area contributed by atoms with Crippen LogP contribution in [0, 0.1) is 5.82 Å². The Hall–Kier alpha value is -2.15. The largest absolute Gasteiger partial charge is 0.268 e. The number of hydrogen-bond donors (Lipinski definition) is 0. The number of aromatic nitrogens is 2. The van der Waals surface area contributed by atoms with Gasteiger partial charge in [0.05, 0.1) is 21.6 Å². The van der Waals surface area contributed by atoms with Crippen LogP contribution in [0.5, 0.6) is 0 Å². The van der Waals surface area contributed by atoms with Crippen LogP contribution in [0.3, 0.4) is 0 Å². The number of benzene rings is 3. The number of nitrogens with zero attached hydrogens (tertiary/aromatic N) is 2. The summed E-state index contributed by atoms with van der Waals surface area (Å²) in [5.41, 5.74) is 1.98. The Bertz CT molecular complexity index is 1230. The van der Waals surface area contributed by atoms with Gasteiger partial charge >= 0.3 is 0 Å². The molecular formula is C21H13BrClFN2OS. The molecule has 0 aliphatic rings. The molecule has 1 aromatic heterocycles. The molecule has 0 bridgehead atoms. The van der Waals surface area contributed by atoms with Gasteiger partial charge in [0.1, 0.15) is 5.82 Å². The van der Waals surface area contributed by atoms with E-state index in [0.29, 0.717) is 27.5 Å². The summed E-state index contributed by atoms with van der Waals surface area (Å²) in [7, 11) is 0. The molecule has 3 aromatic carbocycles. The molecular weight excluding hydrogens is 463 g/mol. The van der Waals surface area contributed by atoms with Crippen LogP contribution in [0.25, 0.3) is 16.6 Å². The fourth-order valence-electron chi connectivity index (χ4n) is 2.79. The highest BCUT2D eigenvalue weighted by molar-refractivity contribution is 9.10. The van der Waals surface area contributed by atoms with E-state index in [9.17, 15) is 9.18 Å². The normalized spacial score (nSPS) is 11.1. The quantitative estimate of drug-likeness (QED) is 0.259. The lowest BCUT2D eigenvalue weighted by Crippen LogP contribution is -2.21. The van der Waals surface area contributed by atoms with Gasteiger partial charge in [-0.2, -0.15) is 0 Å². The van der Waals surface area contributed by atoms with Crippen molar-refractivity contribution in [2.24, 2.45) is 0 Å². The van der Waals surface area contributed by atoms with E-state index >= 15 is 0 Å². The van der Waals surface area contributed by atoms with Crippen molar-refractivity contribution in [1.29, 1.82) is 0 Å². The summed E-state index contributed by atoms with van der Waals surface area (Å²) in [4.78, 5) is 17.8. The van der Waals surface area contributed by atoms with Gasteiger partial charge in [-0.3, -0.25) is 9.36 Å². The van der Waals surface area contributed by atoms with Crippen molar-refractivity contribution >= 4 is 50.2 Å². The number of thioether (sulfide) groups is 1. The van der Waals surface area contributed by atoms with Crippen LogP contribution in [0.1, 0.15) is 5.56 Å². The molecule has 0 fully saturated rings. The third-order valence-electron chi connectivity index (χ3n) is 4.19. The first-order valence-corrected chi connectivity index (χ1v) is 10.5. The summed E-state index contributed by atoms with van der Waals surface area (Å²) in [5, 5.41) is 0.978. The zero-order valence-electron chi connectivity index (χ0n) is 14.4. The molecule has 0 aliphatic heterocycles. The van der Waals surface area contributed by atoms with Gasteiger partial charge < -0.3 is 0 Å². The van der Waals surface area contributed by atoms with Gasteiger partial charge in [-0.15, -0.1) is 0 Å². The maximum Gasteiger partial charge on any atom is 0.266 e. The molecule has 0 unspecified atom stereocenters. The standard InChI is InChI=1S/C21H13BrClFN2OS/c22-14-7-5-13(6-8-14)12-28-21-25-19-4-2-1-3-16(19)20(27)26(21)15-9-10-18(24)17(23)11-15/h1-11H,12H2. The monoisotopic (exact) mass is 474 g/mol. The summed E-state index contributed by atoms with van der Waals surface area (Å²) in [6, 6.07) is 19.4. The summed E-state index contributed by atoms with van der Waals surface area (Å²) < 4.78 is 16.1. The highest BCUT2D eigenvalue weighted by Crippen LogP contribution is 2.27. The average molecular weight is 476 g/mol. The van der Waals surface area contributed by atoms with Crippen LogP contribution in [-0.2, 0) is 5.75 Å². The molecule has 4 rings (SSSR count). The predicted molar refractivity (Wildman–Crippen MR) is 116 cm³/mol. The molecule has 4 aromatic rings. The second kappa shape index (κ2) is 8.07. The van der Waals surface area contributed by atoms with Crippen molar-refractivity contribution in [2.45, 2.75) is 10.9 Å². The third-order valence-corrected chi connectivity index (χ3v) is 6.02. The minimum atomic E-state index is -0.531. The number of rotatable bonds is 4. The molecule has 0 saturated carbocycles. The molecule has 0 N–H and O–H groups in total. The van der Waals surface area contributed by atoms with Gasteiger partial charge in [-0.05, 0) is 48.0 Å². The summed E-state index contributed by atoms with van der Waals surface area (Å²) in [5.74, 6) is 0.101. The van der Waals surface area contributed by atoms with Crippen molar-refractivity contribution in [3.8, 4) is 5.69 Å². The van der Waals surface area contributed by atoms with E-state index in [-0.39, 0.29) is 10.6 Å². The van der Waals surface area contributed by atoms with Gasteiger partial charge in [0.25, 0.3) is 5.56 Å². The molecule has 0 aliphatic carbocycles. The molecule has 0 saturated heterocycles. The lowest BCUT2D eigenvalue weighted by molar-refractivity contribution is 0.627. The molecule has 0 atom stereocenters. The summed E-state index contributed by atoms with van der Waals surface area (Å²) in [6.07, 6.45) is 0. The molecule has 7 heteroatoms. The van der Waals surface area contributed by atoms with Gasteiger partial charge in [-0.1, -0.05) is 63.6 Å². The van der Waals surface area contributed by atoms with Crippen molar-refractivity contribution < 1.29 is 4.39 Å². The Kier molecular flexibility index (Phi) is 5.53. The van der Waals surface area contributed by atoms with Gasteiger partial charge in [-0.25, -0.2) is 9.37 Å². The Labute approximate surface area is 178 Å². The highest BCUT2D eigenvalue weighted by Gasteiger charge is 2.14.